The SMILES string of the molecule is C=CCN1CC[C@]23c4c5ccc(O)c4O[C@H]2C(=O)CCC3(O)[C@H]1C5.O=C1CCC2(O)[C@H]3Cc4ccc(O)c5c4[C@@]2(CCN3)[C@H]1O5.O=C1CCC2(O)[C@H]3Cc4ccc(O)c5c4[C@@]2(CCN3CC2CC2)[C@H]1O5.Oc1ccc2c3c1O[C@H]1C(O)CCC4(O)[C@@H](C2)N(CC2CCC2)CC[C@]314. The molecule has 10 aliphatic carbocycles. The molecule has 5 unspecified atom stereocenters. The van der Waals surface area contributed by atoms with E-state index in [2.05, 4.69) is 26.6 Å². The van der Waals surface area contributed by atoms with Gasteiger partial charge < -0.3 is 70.2 Å². The molecule has 8 bridgehead atoms. The van der Waals surface area contributed by atoms with Crippen LogP contribution in [0.1, 0.15) is 154 Å². The summed E-state index contributed by atoms with van der Waals surface area (Å²) in [7, 11) is 0. The van der Waals surface area contributed by atoms with E-state index >= 15 is 0 Å². The number of carbonyl (C=O) groups excluding carboxylic acids is 3. The van der Waals surface area contributed by atoms with E-state index in [-0.39, 0.29) is 64.5 Å². The summed E-state index contributed by atoms with van der Waals surface area (Å²) in [4.78, 5) is 45.1. The number of nitrogens with zero attached hydrogens (tertiary/aromatic N) is 3. The van der Waals surface area contributed by atoms with Crippen LogP contribution >= 0.6 is 0 Å². The molecule has 6 saturated carbocycles. The summed E-state index contributed by atoms with van der Waals surface area (Å²) in [5.74, 6) is 3.88. The fourth-order valence-corrected chi connectivity index (χ4v) is 24.1. The number of ketones is 3. The number of rotatable bonds is 6. The zero-order valence-electron chi connectivity index (χ0n) is 54.3. The molecule has 508 valence electrons. The van der Waals surface area contributed by atoms with Crippen LogP contribution in [-0.4, -0.2) is 201 Å². The number of nitrogens with one attached hydrogen (secondary N) is 1. The minimum atomic E-state index is -1.00. The topological polar surface area (TPSA) is 292 Å². The molecular weight excluding hydrogens is 1220 g/mol. The van der Waals surface area contributed by atoms with Crippen molar-refractivity contribution in [2.45, 2.75) is 234 Å². The van der Waals surface area contributed by atoms with Crippen molar-refractivity contribution in [3.63, 3.8) is 0 Å². The van der Waals surface area contributed by atoms with Crippen molar-refractivity contribution >= 4 is 17.3 Å². The van der Waals surface area contributed by atoms with Crippen LogP contribution in [0.2, 0.25) is 0 Å². The van der Waals surface area contributed by atoms with Gasteiger partial charge in [0, 0.05) is 91.9 Å². The molecule has 0 radical (unpaired) electrons. The summed E-state index contributed by atoms with van der Waals surface area (Å²) in [6, 6.07) is 14.5. The normalized spacial score (nSPS) is 41.7. The highest BCUT2D eigenvalue weighted by atomic mass is 16.5. The summed E-state index contributed by atoms with van der Waals surface area (Å²) in [5, 5.41) is 103. The van der Waals surface area contributed by atoms with Crippen molar-refractivity contribution in [3.05, 3.63) is 106 Å². The van der Waals surface area contributed by atoms with Crippen LogP contribution in [0.25, 0.3) is 0 Å². The molecule has 18 aliphatic rings. The van der Waals surface area contributed by atoms with Gasteiger partial charge in [-0.1, -0.05) is 36.8 Å². The van der Waals surface area contributed by atoms with E-state index in [1.54, 1.807) is 24.3 Å². The third kappa shape index (κ3) is 7.38. The van der Waals surface area contributed by atoms with Crippen molar-refractivity contribution in [2.75, 3.05) is 45.8 Å². The Bertz CT molecular complexity index is 4060. The number of carbonyl (C=O) groups is 3. The molecule has 17 atom stereocenters. The van der Waals surface area contributed by atoms with Gasteiger partial charge in [-0.05, 0) is 187 Å². The van der Waals surface area contributed by atoms with Gasteiger partial charge in [-0.2, -0.15) is 0 Å². The molecule has 10 fully saturated rings. The van der Waals surface area contributed by atoms with Crippen molar-refractivity contribution in [1.29, 1.82) is 0 Å². The Morgan fingerprint density at radius 3 is 1.32 bits per heavy atom. The third-order valence-electron chi connectivity index (χ3n) is 28.6. The van der Waals surface area contributed by atoms with E-state index in [4.69, 9.17) is 18.9 Å². The summed E-state index contributed by atoms with van der Waals surface area (Å²) in [6.45, 7) is 10.1. The van der Waals surface area contributed by atoms with Gasteiger partial charge in [0.05, 0.1) is 50.2 Å². The second-order valence-electron chi connectivity index (χ2n) is 32.3. The van der Waals surface area contributed by atoms with E-state index in [1.165, 1.54) is 37.7 Å². The molecule has 4 aromatic rings. The highest BCUT2D eigenvalue weighted by Crippen LogP contribution is 2.70. The first-order valence-corrected chi connectivity index (χ1v) is 36.0. The van der Waals surface area contributed by atoms with Crippen LogP contribution in [0, 0.1) is 11.8 Å². The first-order valence-electron chi connectivity index (χ1n) is 36.0. The molecule has 20 nitrogen and oxygen atoms in total. The maximum atomic E-state index is 12.7. The van der Waals surface area contributed by atoms with Crippen LogP contribution in [0.15, 0.2) is 61.2 Å². The van der Waals surface area contributed by atoms with Gasteiger partial charge in [-0.25, -0.2) is 0 Å². The minimum Gasteiger partial charge on any atom is -0.504 e. The average Bonchev–Trinajstić information content (AvgIpc) is 1.43. The number of Topliss-reactive ketones (excluding diaryl/α,β-unsaturated/α-hetero) is 3. The number of aromatic hydroxyl groups is 4. The Kier molecular flexibility index (Phi) is 12.9. The van der Waals surface area contributed by atoms with Crippen molar-refractivity contribution in [1.82, 2.24) is 20.0 Å². The predicted molar refractivity (Wildman–Crippen MR) is 346 cm³/mol. The maximum Gasteiger partial charge on any atom is 0.174 e. The molecule has 8 aliphatic heterocycles. The fraction of sp³-hybridized carbons (Fsp3) is 0.618. The molecule has 8 heterocycles. The quantitative estimate of drug-likeness (QED) is 0.114. The van der Waals surface area contributed by atoms with Gasteiger partial charge in [-0.3, -0.25) is 29.1 Å². The monoisotopic (exact) mass is 1310 g/mol. The van der Waals surface area contributed by atoms with Crippen molar-refractivity contribution < 1.29 is 79.3 Å². The highest BCUT2D eigenvalue weighted by Gasteiger charge is 2.77. The zero-order valence-corrected chi connectivity index (χ0v) is 54.3. The number of aliphatic hydroxyl groups excluding tert-OH is 1. The molecule has 4 spiro atoms. The van der Waals surface area contributed by atoms with E-state index in [0.717, 1.165) is 122 Å². The predicted octanol–water partition coefficient (Wildman–Crippen LogP) is 4.94. The molecule has 20 heteroatoms. The summed E-state index contributed by atoms with van der Waals surface area (Å²) in [6.07, 6.45) is 14.9. The minimum absolute atomic E-state index is 0.0408. The number of likely N-dealkylation sites (tertiary alicyclic amines) is 3. The lowest BCUT2D eigenvalue weighted by molar-refractivity contribution is -0.209. The molecule has 10 N–H and O–H groups in total. The third-order valence-corrected chi connectivity index (χ3v) is 28.6. The number of benzene rings is 4. The number of ether oxygens (including phenoxy) is 4. The molecule has 0 aromatic heterocycles. The van der Waals surface area contributed by atoms with E-state index < -0.39 is 74.6 Å². The number of aliphatic hydroxyl groups is 5. The van der Waals surface area contributed by atoms with Crippen LogP contribution in [0.4, 0.5) is 0 Å². The lowest BCUT2D eigenvalue weighted by Crippen LogP contribution is -2.77. The summed E-state index contributed by atoms with van der Waals surface area (Å²) >= 11 is 0. The standard InChI is InChI=1S/C21H27NO4.C20H23NO4.C19H21NO4.C16H17NO4/c23-14-5-4-13-10-16-21(25)7-6-15(24)19-20(21,17(13)18(14)26-19)8-9-22(16)11-12-2-1-3-12;22-13-4-3-12-9-15-20(24)6-5-14(23)18-19(20,16(12)17(13)25-18)7-8-21(15)10-11-1-2-11;1-2-8-20-9-7-18-15-11-3-4-12(21)16(15)24-17(18)13(22)5-6-19(18,23)14(20)10-11;18-9-2-1-8-7-11-16(20)4-3-10(19)14-15(16,5-6-17-11)12(8)13(9)21-14/h4-5,12,15-16,19,23-25H,1-3,6-11H2;3-4,11,15,18,22,24H,1-2,5-10H2;2-4,14,17,21,23H,1,5-10H2;1-2,11,14,17-18,20H,3-7H2/t15?,16-,19+,20+,21?;15-,18+,19+,20?;14-,17+,18+,19?;11-,14+,15+,16?/m1111/s1. The van der Waals surface area contributed by atoms with Gasteiger partial charge in [0.15, 0.2) is 81.7 Å². The van der Waals surface area contributed by atoms with Gasteiger partial charge >= 0.3 is 0 Å². The number of phenols is 4. The van der Waals surface area contributed by atoms with Crippen LogP contribution in [0.3, 0.4) is 0 Å². The molecule has 4 aromatic carbocycles. The zero-order chi connectivity index (χ0) is 65.8. The largest absolute Gasteiger partial charge is 0.504 e. The van der Waals surface area contributed by atoms with Crippen LogP contribution in [-0.2, 0) is 61.7 Å². The van der Waals surface area contributed by atoms with Crippen LogP contribution < -0.4 is 24.3 Å². The van der Waals surface area contributed by atoms with Gasteiger partial charge in [0.2, 0.25) is 0 Å². The number of hydrogen-bond donors (Lipinski definition) is 10. The molecule has 96 heavy (non-hydrogen) atoms. The Morgan fingerprint density at radius 1 is 0.469 bits per heavy atom. The van der Waals surface area contributed by atoms with Gasteiger partial charge in [-0.15, -0.1) is 6.58 Å². The lowest BCUT2D eigenvalue weighted by atomic mass is 9.48. The second-order valence-corrected chi connectivity index (χ2v) is 32.3. The van der Waals surface area contributed by atoms with E-state index in [9.17, 15) is 60.3 Å². The van der Waals surface area contributed by atoms with Crippen LogP contribution in [0.5, 0.6) is 46.0 Å². The smallest absolute Gasteiger partial charge is 0.174 e. The maximum absolute atomic E-state index is 12.7. The second kappa shape index (κ2) is 20.4. The average molecular weight is 1310 g/mol. The van der Waals surface area contributed by atoms with Gasteiger partial charge in [0.1, 0.15) is 6.10 Å². The van der Waals surface area contributed by atoms with E-state index in [0.29, 0.717) is 100 Å². The van der Waals surface area contributed by atoms with Gasteiger partial charge in [0.25, 0.3) is 0 Å². The highest BCUT2D eigenvalue weighted by molar-refractivity contribution is 5.92. The van der Waals surface area contributed by atoms with E-state index in [1.807, 2.05) is 30.3 Å². The first-order chi connectivity index (χ1) is 46.2. The van der Waals surface area contributed by atoms with Crippen molar-refractivity contribution in [3.8, 4) is 46.0 Å². The molecule has 4 saturated heterocycles. The Hall–Kier alpha value is -6.33. The molecule has 22 rings (SSSR count). The number of piperidine rings is 4. The number of hydrogen-bond acceptors (Lipinski definition) is 20. The summed E-state index contributed by atoms with van der Waals surface area (Å²) < 4.78 is 24.1. The molecule has 0 amide bonds. The fourth-order valence-electron chi connectivity index (χ4n) is 24.1. The first kappa shape index (κ1) is 60.8. The molecular formula is C76H88N4O16. The Balaban J connectivity index is 0.0000000905. The summed E-state index contributed by atoms with van der Waals surface area (Å²) in [5.41, 5.74) is 1.75. The van der Waals surface area contributed by atoms with Crippen molar-refractivity contribution in [2.24, 2.45) is 11.8 Å². The lowest BCUT2D eigenvalue weighted by Gasteiger charge is -2.64. The Labute approximate surface area is 557 Å². The number of phenolic OH excluding ortho intramolecular Hbond substituents is 4. The Morgan fingerprint density at radius 2 is 0.865 bits per heavy atom.